The third kappa shape index (κ3) is 3.77. The number of carbonyl (C=O) groups is 1. The van der Waals surface area contributed by atoms with E-state index in [1.807, 2.05) is 5.38 Å². The van der Waals surface area contributed by atoms with Gasteiger partial charge < -0.3 is 10.2 Å². The summed E-state index contributed by atoms with van der Waals surface area (Å²) in [5.41, 5.74) is 3.27. The molecule has 0 bridgehead atoms. The average Bonchev–Trinajstić information content (AvgIpc) is 3.20. The topological polar surface area (TPSA) is 45.2 Å². The lowest BCUT2D eigenvalue weighted by molar-refractivity contribution is -0.130. The zero-order chi connectivity index (χ0) is 17.2. The number of likely N-dealkylation sites (tertiary alicyclic amines) is 1. The molecule has 4 nitrogen and oxygen atoms in total. The van der Waals surface area contributed by atoms with Crippen LogP contribution in [0.3, 0.4) is 0 Å². The number of amides is 1. The van der Waals surface area contributed by atoms with Crippen molar-refractivity contribution in [2.75, 3.05) is 26.2 Å². The van der Waals surface area contributed by atoms with Crippen molar-refractivity contribution >= 4 is 17.2 Å². The van der Waals surface area contributed by atoms with Crippen molar-refractivity contribution in [3.63, 3.8) is 0 Å². The lowest BCUT2D eigenvalue weighted by atomic mass is 9.92. The summed E-state index contributed by atoms with van der Waals surface area (Å²) in [6, 6.07) is 8.37. The number of thiazole rings is 1. The minimum Gasteiger partial charge on any atom is -0.342 e. The Labute approximate surface area is 153 Å². The zero-order valence-electron chi connectivity index (χ0n) is 14.7. The smallest absolute Gasteiger partial charge is 0.228 e. The first-order valence-electron chi connectivity index (χ1n) is 9.19. The van der Waals surface area contributed by atoms with E-state index in [1.165, 1.54) is 5.56 Å². The second-order valence-corrected chi connectivity index (χ2v) is 8.18. The monoisotopic (exact) mass is 355 g/mol. The number of hydrogen-bond acceptors (Lipinski definition) is 4. The Hall–Kier alpha value is -1.72. The molecule has 2 aromatic rings. The van der Waals surface area contributed by atoms with Crippen LogP contribution >= 0.6 is 11.3 Å². The summed E-state index contributed by atoms with van der Waals surface area (Å²) in [6.07, 6.45) is 2.69. The Morgan fingerprint density at radius 2 is 2.04 bits per heavy atom. The second kappa shape index (κ2) is 7.26. The van der Waals surface area contributed by atoms with Gasteiger partial charge in [0.1, 0.15) is 5.01 Å². The molecule has 25 heavy (non-hydrogen) atoms. The van der Waals surface area contributed by atoms with Crippen molar-refractivity contribution in [2.45, 2.75) is 26.2 Å². The third-order valence-corrected chi connectivity index (χ3v) is 6.46. The van der Waals surface area contributed by atoms with E-state index in [-0.39, 0.29) is 5.91 Å². The van der Waals surface area contributed by atoms with Gasteiger partial charge in [-0.15, -0.1) is 11.3 Å². The molecule has 1 aromatic carbocycles. The number of aryl methyl sites for hydroxylation is 1. The normalized spacial score (nSPS) is 23.3. The maximum absolute atomic E-state index is 12.7. The predicted octanol–water partition coefficient (Wildman–Crippen LogP) is 3.12. The number of nitrogens with one attached hydrogen (secondary N) is 1. The van der Waals surface area contributed by atoms with Crippen molar-refractivity contribution < 1.29 is 4.79 Å². The highest BCUT2D eigenvalue weighted by Crippen LogP contribution is 2.28. The lowest BCUT2D eigenvalue weighted by Crippen LogP contribution is -2.34. The summed E-state index contributed by atoms with van der Waals surface area (Å²) in [5, 5.41) is 6.52. The molecule has 2 atom stereocenters. The number of carbonyl (C=O) groups excluding carboxylic acids is 1. The average molecular weight is 356 g/mol. The van der Waals surface area contributed by atoms with Gasteiger partial charge in [0, 0.05) is 24.0 Å². The van der Waals surface area contributed by atoms with Crippen LogP contribution < -0.4 is 5.32 Å². The molecule has 0 saturated carbocycles. The number of fused-ring (bicyclic) bond motifs is 1. The molecule has 2 aliphatic rings. The Kier molecular flexibility index (Phi) is 4.86. The van der Waals surface area contributed by atoms with Crippen molar-refractivity contribution in [1.29, 1.82) is 0 Å². The van der Waals surface area contributed by atoms with Gasteiger partial charge in [-0.1, -0.05) is 23.8 Å². The molecule has 0 spiro atoms. The Morgan fingerprint density at radius 3 is 2.76 bits per heavy atom. The Balaban J connectivity index is 1.39. The standard InChI is InChI=1S/C20H25N3OS/c1-14-3-2-4-15(9-14)20-22-18(13-25-20)10-19(24)23-7-5-16-11-21-12-17(16)6-8-23/h2-4,9,13,16-17,21H,5-8,10-12H2,1H3/t16-,17+. The first-order valence-corrected chi connectivity index (χ1v) is 10.1. The van der Waals surface area contributed by atoms with E-state index in [9.17, 15) is 4.79 Å². The largest absolute Gasteiger partial charge is 0.342 e. The van der Waals surface area contributed by atoms with Gasteiger partial charge in [0.15, 0.2) is 0 Å². The third-order valence-electron chi connectivity index (χ3n) is 5.52. The van der Waals surface area contributed by atoms with Crippen molar-refractivity contribution in [3.8, 4) is 10.6 Å². The van der Waals surface area contributed by atoms with Crippen molar-refractivity contribution in [2.24, 2.45) is 11.8 Å². The highest BCUT2D eigenvalue weighted by molar-refractivity contribution is 7.13. The van der Waals surface area contributed by atoms with Crippen LogP contribution in [0, 0.1) is 18.8 Å². The molecule has 3 heterocycles. The molecule has 2 fully saturated rings. The fraction of sp³-hybridized carbons (Fsp3) is 0.500. The van der Waals surface area contributed by atoms with Crippen LogP contribution in [-0.4, -0.2) is 42.0 Å². The van der Waals surface area contributed by atoms with Crippen molar-refractivity contribution in [1.82, 2.24) is 15.2 Å². The van der Waals surface area contributed by atoms with Crippen LogP contribution in [0.2, 0.25) is 0 Å². The van der Waals surface area contributed by atoms with Gasteiger partial charge in [-0.2, -0.15) is 0 Å². The minimum absolute atomic E-state index is 0.231. The van der Waals surface area contributed by atoms with Gasteiger partial charge in [0.2, 0.25) is 5.91 Å². The molecule has 2 saturated heterocycles. The highest BCUT2D eigenvalue weighted by atomic mass is 32.1. The van der Waals surface area contributed by atoms with Gasteiger partial charge in [-0.05, 0) is 50.8 Å². The summed E-state index contributed by atoms with van der Waals surface area (Å²) in [5.74, 6) is 1.74. The highest BCUT2D eigenvalue weighted by Gasteiger charge is 2.31. The van der Waals surface area contributed by atoms with Crippen LogP contribution in [0.15, 0.2) is 29.6 Å². The molecule has 4 rings (SSSR count). The van der Waals surface area contributed by atoms with Crippen LogP contribution in [-0.2, 0) is 11.2 Å². The minimum atomic E-state index is 0.231. The number of hydrogen-bond donors (Lipinski definition) is 1. The van der Waals surface area contributed by atoms with E-state index < -0.39 is 0 Å². The summed E-state index contributed by atoms with van der Waals surface area (Å²) in [7, 11) is 0. The number of aromatic nitrogens is 1. The molecule has 5 heteroatoms. The predicted molar refractivity (Wildman–Crippen MR) is 102 cm³/mol. The van der Waals surface area contributed by atoms with Crippen molar-refractivity contribution in [3.05, 3.63) is 40.9 Å². The molecule has 1 aromatic heterocycles. The number of rotatable bonds is 3. The Morgan fingerprint density at radius 1 is 1.28 bits per heavy atom. The molecule has 2 aliphatic heterocycles. The number of benzene rings is 1. The summed E-state index contributed by atoms with van der Waals surface area (Å²) >= 11 is 1.63. The zero-order valence-corrected chi connectivity index (χ0v) is 15.5. The lowest BCUT2D eigenvalue weighted by Gasteiger charge is -2.20. The maximum Gasteiger partial charge on any atom is 0.228 e. The van der Waals surface area contributed by atoms with Crippen LogP contribution in [0.25, 0.3) is 10.6 Å². The van der Waals surface area contributed by atoms with Gasteiger partial charge in [-0.25, -0.2) is 4.98 Å². The van der Waals surface area contributed by atoms with Gasteiger partial charge in [0.25, 0.3) is 0 Å². The first kappa shape index (κ1) is 16.7. The summed E-state index contributed by atoms with van der Waals surface area (Å²) in [6.45, 7) is 6.14. The molecule has 132 valence electrons. The second-order valence-electron chi connectivity index (χ2n) is 7.33. The van der Waals surface area contributed by atoms with E-state index in [0.29, 0.717) is 6.42 Å². The van der Waals surface area contributed by atoms with E-state index in [4.69, 9.17) is 4.98 Å². The van der Waals surface area contributed by atoms with E-state index in [0.717, 1.165) is 67.1 Å². The van der Waals surface area contributed by atoms with Crippen LogP contribution in [0.1, 0.15) is 24.1 Å². The molecular weight excluding hydrogens is 330 g/mol. The summed E-state index contributed by atoms with van der Waals surface area (Å²) < 4.78 is 0. The fourth-order valence-corrected chi connectivity index (χ4v) is 4.85. The molecule has 1 amide bonds. The molecule has 1 N–H and O–H groups in total. The van der Waals surface area contributed by atoms with E-state index in [2.05, 4.69) is 41.4 Å². The first-order chi connectivity index (χ1) is 12.2. The van der Waals surface area contributed by atoms with Crippen LogP contribution in [0.4, 0.5) is 0 Å². The van der Waals surface area contributed by atoms with E-state index >= 15 is 0 Å². The molecular formula is C20H25N3OS. The fourth-order valence-electron chi connectivity index (χ4n) is 4.03. The van der Waals surface area contributed by atoms with Gasteiger partial charge >= 0.3 is 0 Å². The summed E-state index contributed by atoms with van der Waals surface area (Å²) in [4.78, 5) is 19.5. The maximum atomic E-state index is 12.7. The van der Waals surface area contributed by atoms with E-state index in [1.54, 1.807) is 11.3 Å². The molecule has 0 radical (unpaired) electrons. The molecule has 0 unspecified atom stereocenters. The van der Waals surface area contributed by atoms with Gasteiger partial charge in [-0.3, -0.25) is 4.79 Å². The van der Waals surface area contributed by atoms with Crippen LogP contribution in [0.5, 0.6) is 0 Å². The quantitative estimate of drug-likeness (QED) is 0.920. The SMILES string of the molecule is Cc1cccc(-c2nc(CC(=O)N3CC[C@@H]4CNC[C@@H]4CC3)cs2)c1. The Bertz CT molecular complexity index is 743. The number of nitrogens with zero attached hydrogens (tertiary/aromatic N) is 2. The van der Waals surface area contributed by atoms with Gasteiger partial charge in [0.05, 0.1) is 12.1 Å². The molecule has 0 aliphatic carbocycles.